The number of hydrogen-bond donors (Lipinski definition) is 1. The minimum absolute atomic E-state index is 0.138. The summed E-state index contributed by atoms with van der Waals surface area (Å²) in [6.45, 7) is 0.665. The zero-order valence-corrected chi connectivity index (χ0v) is 7.55. The highest BCUT2D eigenvalue weighted by atomic mass is 16.6. The van der Waals surface area contributed by atoms with Crippen molar-refractivity contribution in [2.45, 2.75) is 12.6 Å². The fourth-order valence-corrected chi connectivity index (χ4v) is 1.39. The Morgan fingerprint density at radius 2 is 2.50 bits per heavy atom. The lowest BCUT2D eigenvalue weighted by Gasteiger charge is -2.09. The molecule has 0 radical (unpaired) electrons. The van der Waals surface area contributed by atoms with E-state index in [0.29, 0.717) is 18.8 Å². The maximum absolute atomic E-state index is 11.2. The lowest BCUT2D eigenvalue weighted by Crippen LogP contribution is -2.25. The van der Waals surface area contributed by atoms with Gasteiger partial charge in [0.05, 0.1) is 26.0 Å². The number of amides is 1. The van der Waals surface area contributed by atoms with Gasteiger partial charge in [-0.05, 0) is 12.1 Å². The van der Waals surface area contributed by atoms with E-state index in [1.807, 2.05) is 0 Å². The molecule has 1 saturated heterocycles. The first-order valence-electron chi connectivity index (χ1n) is 4.38. The minimum Gasteiger partial charge on any atom is -0.467 e. The van der Waals surface area contributed by atoms with Crippen molar-refractivity contribution in [2.75, 3.05) is 13.2 Å². The van der Waals surface area contributed by atoms with Gasteiger partial charge in [0.25, 0.3) is 0 Å². The van der Waals surface area contributed by atoms with Crippen LogP contribution in [-0.2, 0) is 11.3 Å². The molecule has 5 heteroatoms. The van der Waals surface area contributed by atoms with Crippen molar-refractivity contribution in [1.82, 2.24) is 4.90 Å². The van der Waals surface area contributed by atoms with Crippen LogP contribution in [0.4, 0.5) is 4.79 Å². The van der Waals surface area contributed by atoms with Crippen molar-refractivity contribution < 1.29 is 19.1 Å². The molecule has 0 saturated carbocycles. The van der Waals surface area contributed by atoms with Crippen LogP contribution in [0.25, 0.3) is 0 Å². The molecule has 1 N–H and O–H groups in total. The molecule has 1 fully saturated rings. The number of carbonyl (C=O) groups is 1. The van der Waals surface area contributed by atoms with Crippen LogP contribution in [0.2, 0.25) is 0 Å². The van der Waals surface area contributed by atoms with Crippen molar-refractivity contribution >= 4 is 6.09 Å². The minimum atomic E-state index is -0.405. The second kappa shape index (κ2) is 3.71. The Labute approximate surface area is 80.9 Å². The predicted octanol–water partition coefficient (Wildman–Crippen LogP) is 0.593. The third-order valence-corrected chi connectivity index (χ3v) is 2.08. The van der Waals surface area contributed by atoms with E-state index in [0.717, 1.165) is 0 Å². The number of aliphatic hydroxyl groups excluding tert-OH is 1. The average molecular weight is 197 g/mol. The standard InChI is InChI=1S/C9H11NO4/c11-6-8-5-10(9(12)14-8)4-7-2-1-3-13-7/h1-3,8,11H,4-6H2/t8-/m1/s1. The molecule has 14 heavy (non-hydrogen) atoms. The Morgan fingerprint density at radius 1 is 1.64 bits per heavy atom. The summed E-state index contributed by atoms with van der Waals surface area (Å²) in [5.74, 6) is 0.709. The smallest absolute Gasteiger partial charge is 0.410 e. The van der Waals surface area contributed by atoms with Gasteiger partial charge in [-0.25, -0.2) is 4.79 Å². The van der Waals surface area contributed by atoms with Gasteiger partial charge in [0.1, 0.15) is 11.9 Å². The molecule has 0 spiro atoms. The lowest BCUT2D eigenvalue weighted by atomic mass is 10.3. The van der Waals surface area contributed by atoms with Crippen LogP contribution < -0.4 is 0 Å². The number of cyclic esters (lactones) is 1. The summed E-state index contributed by atoms with van der Waals surface area (Å²) in [6.07, 6.45) is 0.748. The molecule has 76 valence electrons. The van der Waals surface area contributed by atoms with Crippen molar-refractivity contribution in [1.29, 1.82) is 0 Å². The molecule has 5 nitrogen and oxygen atoms in total. The van der Waals surface area contributed by atoms with Crippen molar-refractivity contribution in [3.8, 4) is 0 Å². The van der Waals surface area contributed by atoms with Crippen LogP contribution in [0, 0.1) is 0 Å². The fourth-order valence-electron chi connectivity index (χ4n) is 1.39. The summed E-state index contributed by atoms with van der Waals surface area (Å²) in [5.41, 5.74) is 0. The van der Waals surface area contributed by atoms with Crippen LogP contribution in [0.5, 0.6) is 0 Å². The van der Waals surface area contributed by atoms with Gasteiger partial charge in [0.15, 0.2) is 0 Å². The van der Waals surface area contributed by atoms with Crippen LogP contribution >= 0.6 is 0 Å². The molecule has 1 atom stereocenters. The summed E-state index contributed by atoms with van der Waals surface area (Å²) in [6, 6.07) is 3.56. The fraction of sp³-hybridized carbons (Fsp3) is 0.444. The van der Waals surface area contributed by atoms with Gasteiger partial charge in [-0.2, -0.15) is 0 Å². The van der Waals surface area contributed by atoms with Gasteiger partial charge < -0.3 is 14.3 Å². The highest BCUT2D eigenvalue weighted by Gasteiger charge is 2.30. The molecule has 0 aliphatic carbocycles. The first kappa shape index (κ1) is 9.08. The summed E-state index contributed by atoms with van der Waals surface area (Å²) in [4.78, 5) is 12.7. The van der Waals surface area contributed by atoms with Gasteiger partial charge in [0, 0.05) is 0 Å². The maximum atomic E-state index is 11.2. The average Bonchev–Trinajstić information content (AvgIpc) is 2.78. The van der Waals surface area contributed by atoms with Crippen molar-refractivity contribution in [2.24, 2.45) is 0 Å². The largest absolute Gasteiger partial charge is 0.467 e. The number of aliphatic hydroxyl groups is 1. The molecular weight excluding hydrogens is 186 g/mol. The molecule has 1 aromatic rings. The first-order chi connectivity index (χ1) is 6.79. The molecule has 2 heterocycles. The maximum Gasteiger partial charge on any atom is 0.410 e. The second-order valence-electron chi connectivity index (χ2n) is 3.15. The first-order valence-corrected chi connectivity index (χ1v) is 4.38. The van der Waals surface area contributed by atoms with Gasteiger partial charge in [0.2, 0.25) is 0 Å². The number of furan rings is 1. The molecule has 0 aromatic carbocycles. The SMILES string of the molecule is O=C1O[C@@H](CO)CN1Cc1ccco1. The second-order valence-corrected chi connectivity index (χ2v) is 3.15. The molecule has 0 bridgehead atoms. The Morgan fingerprint density at radius 3 is 3.07 bits per heavy atom. The summed E-state index contributed by atoms with van der Waals surface area (Å²) >= 11 is 0. The number of rotatable bonds is 3. The van der Waals surface area contributed by atoms with Crippen LogP contribution in [0.3, 0.4) is 0 Å². The molecule has 0 unspecified atom stereocenters. The van der Waals surface area contributed by atoms with E-state index in [2.05, 4.69) is 0 Å². The summed E-state index contributed by atoms with van der Waals surface area (Å²) in [7, 11) is 0. The van der Waals surface area contributed by atoms with Gasteiger partial charge in [-0.15, -0.1) is 0 Å². The quantitative estimate of drug-likeness (QED) is 0.770. The van der Waals surface area contributed by atoms with E-state index in [4.69, 9.17) is 14.3 Å². The monoisotopic (exact) mass is 197 g/mol. The molecule has 1 aliphatic rings. The van der Waals surface area contributed by atoms with Gasteiger partial charge >= 0.3 is 6.09 Å². The van der Waals surface area contributed by atoms with E-state index in [1.54, 1.807) is 18.4 Å². The van der Waals surface area contributed by atoms with Crippen LogP contribution in [0.1, 0.15) is 5.76 Å². The van der Waals surface area contributed by atoms with E-state index in [-0.39, 0.29) is 6.61 Å². The third kappa shape index (κ3) is 1.72. The van der Waals surface area contributed by atoms with Gasteiger partial charge in [-0.1, -0.05) is 0 Å². The van der Waals surface area contributed by atoms with E-state index < -0.39 is 12.2 Å². The summed E-state index contributed by atoms with van der Waals surface area (Å²) < 4.78 is 9.97. The molecule has 1 aromatic heterocycles. The zero-order chi connectivity index (χ0) is 9.97. The zero-order valence-electron chi connectivity index (χ0n) is 7.55. The van der Waals surface area contributed by atoms with Gasteiger partial charge in [-0.3, -0.25) is 4.90 Å². The van der Waals surface area contributed by atoms with Crippen LogP contribution in [0.15, 0.2) is 22.8 Å². The Balaban J connectivity index is 1.96. The number of hydrogen-bond acceptors (Lipinski definition) is 4. The third-order valence-electron chi connectivity index (χ3n) is 2.08. The summed E-state index contributed by atoms with van der Waals surface area (Å²) in [5, 5.41) is 8.80. The van der Waals surface area contributed by atoms with Crippen molar-refractivity contribution in [3.05, 3.63) is 24.2 Å². The molecule has 1 aliphatic heterocycles. The number of nitrogens with zero attached hydrogens (tertiary/aromatic N) is 1. The Kier molecular flexibility index (Phi) is 2.41. The van der Waals surface area contributed by atoms with Crippen molar-refractivity contribution in [3.63, 3.8) is 0 Å². The normalized spacial score (nSPS) is 21.4. The lowest BCUT2D eigenvalue weighted by molar-refractivity contribution is 0.0945. The van der Waals surface area contributed by atoms with E-state index >= 15 is 0 Å². The molecule has 2 rings (SSSR count). The Bertz CT molecular complexity index is 309. The molecular formula is C9H11NO4. The predicted molar refractivity (Wildman–Crippen MR) is 46.5 cm³/mol. The Hall–Kier alpha value is -1.49. The highest BCUT2D eigenvalue weighted by molar-refractivity contribution is 5.69. The molecule has 1 amide bonds. The number of ether oxygens (including phenoxy) is 1. The number of carbonyl (C=O) groups excluding carboxylic acids is 1. The highest BCUT2D eigenvalue weighted by Crippen LogP contribution is 2.14. The van der Waals surface area contributed by atoms with E-state index in [9.17, 15) is 4.79 Å². The van der Waals surface area contributed by atoms with E-state index in [1.165, 1.54) is 4.90 Å². The topological polar surface area (TPSA) is 62.9 Å². The van der Waals surface area contributed by atoms with Crippen LogP contribution in [-0.4, -0.2) is 35.4 Å².